The fraction of sp³-hybridized carbons (Fsp3) is 0.231. The number of hydrogen-bond donors (Lipinski definition) is 2. The van der Waals surface area contributed by atoms with E-state index in [4.69, 9.17) is 15.2 Å². The van der Waals surface area contributed by atoms with Crippen molar-refractivity contribution in [2.45, 2.75) is 13.3 Å². The molecule has 0 atom stereocenters. The Morgan fingerprint density at radius 3 is 2.71 bits per heavy atom. The number of aromatic nitrogens is 1. The molecule has 0 spiro atoms. The predicted octanol–water partition coefficient (Wildman–Crippen LogP) is 2.23. The molecule has 0 saturated carbocycles. The van der Waals surface area contributed by atoms with Crippen molar-refractivity contribution >= 4 is 17.3 Å². The predicted molar refractivity (Wildman–Crippen MR) is 73.3 cm³/mol. The van der Waals surface area contributed by atoms with E-state index in [1.807, 2.05) is 6.07 Å². The number of carbonyl (C=O) groups is 1. The Hall–Kier alpha value is -1.84. The topological polar surface area (TPSA) is 92.1 Å². The fourth-order valence-electron chi connectivity index (χ4n) is 1.61. The van der Waals surface area contributed by atoms with Gasteiger partial charge in [-0.2, -0.15) is 0 Å². The second-order valence-electron chi connectivity index (χ2n) is 4.07. The van der Waals surface area contributed by atoms with E-state index in [1.54, 1.807) is 31.2 Å². The van der Waals surface area contributed by atoms with Crippen LogP contribution in [0.2, 0.25) is 0 Å². The highest BCUT2D eigenvalue weighted by Gasteiger charge is 2.16. The van der Waals surface area contributed by atoms with Crippen LogP contribution in [-0.2, 0) is 11.3 Å². The van der Waals surface area contributed by atoms with Gasteiger partial charge in [0.05, 0.1) is 17.7 Å². The average Bonchev–Trinajstić information content (AvgIpc) is 2.81. The van der Waals surface area contributed by atoms with Gasteiger partial charge in [0.15, 0.2) is 0 Å². The summed E-state index contributed by atoms with van der Waals surface area (Å²) in [5.74, 6) is -0.0659. The minimum absolute atomic E-state index is 0.0587. The van der Waals surface area contributed by atoms with Gasteiger partial charge < -0.3 is 4.74 Å². The van der Waals surface area contributed by atoms with E-state index < -0.39 is 5.97 Å². The Balaban J connectivity index is 1.99. The number of aryl methyl sites for hydroxylation is 1. The van der Waals surface area contributed by atoms with E-state index in [9.17, 15) is 4.79 Å². The molecule has 0 amide bonds. The average molecular weight is 310 g/mol. The lowest BCUT2D eigenvalue weighted by atomic mass is 10.3. The Morgan fingerprint density at radius 1 is 1.33 bits per heavy atom. The maximum Gasteiger partial charge on any atom is 0.372 e. The summed E-state index contributed by atoms with van der Waals surface area (Å²) in [5, 5.41) is 16.8. The second kappa shape index (κ2) is 7.25. The quantitative estimate of drug-likeness (QED) is 0.480. The molecule has 2 N–H and O–H groups in total. The first-order valence-corrected chi connectivity index (χ1v) is 6.92. The zero-order chi connectivity index (χ0) is 15.2. The summed E-state index contributed by atoms with van der Waals surface area (Å²) in [5.41, 5.74) is 0.686. The number of para-hydroxylation sites is 1. The molecule has 1 heterocycles. The largest absolute Gasteiger partial charge is 0.421 e. The Morgan fingerprint density at radius 2 is 2.05 bits per heavy atom. The Kier molecular flexibility index (Phi) is 5.37. The fourth-order valence-corrected chi connectivity index (χ4v) is 2.53. The smallest absolute Gasteiger partial charge is 0.372 e. The van der Waals surface area contributed by atoms with Crippen molar-refractivity contribution in [2.24, 2.45) is 0 Å². The van der Waals surface area contributed by atoms with Crippen LogP contribution in [-0.4, -0.2) is 33.4 Å². The summed E-state index contributed by atoms with van der Waals surface area (Å²) >= 11 is 1.19. The minimum Gasteiger partial charge on any atom is -0.421 e. The highest BCUT2D eigenvalue weighted by molar-refractivity contribution is 7.13. The van der Waals surface area contributed by atoms with Crippen LogP contribution in [0.4, 0.5) is 0 Å². The van der Waals surface area contributed by atoms with Gasteiger partial charge in [-0.1, -0.05) is 18.2 Å². The van der Waals surface area contributed by atoms with Crippen LogP contribution in [0.1, 0.15) is 20.4 Å². The molecule has 21 heavy (non-hydrogen) atoms. The van der Waals surface area contributed by atoms with Crippen molar-refractivity contribution in [3.8, 4) is 5.75 Å². The molecule has 2 rings (SSSR count). The zero-order valence-corrected chi connectivity index (χ0v) is 12.0. The molecule has 0 unspecified atom stereocenters. The first kappa shape index (κ1) is 15.5. The van der Waals surface area contributed by atoms with Crippen molar-refractivity contribution < 1.29 is 24.8 Å². The van der Waals surface area contributed by atoms with Gasteiger partial charge in [0.1, 0.15) is 5.75 Å². The van der Waals surface area contributed by atoms with Crippen LogP contribution >= 0.6 is 11.3 Å². The standard InChI is InChI=1S/C13H14N2O5S/c1-9-11(7-8-19-15(17)18)21-12(14-9)13(16)20-10-5-3-2-4-6-10/h2-6,17-18H,7-8H2,1H3. The molecule has 0 radical (unpaired) electrons. The molecular formula is C13H14N2O5S. The monoisotopic (exact) mass is 310 g/mol. The summed E-state index contributed by atoms with van der Waals surface area (Å²) in [7, 11) is 0. The van der Waals surface area contributed by atoms with Crippen LogP contribution in [0.15, 0.2) is 30.3 Å². The molecule has 1 aromatic heterocycles. The third-order valence-corrected chi connectivity index (χ3v) is 3.75. The molecule has 2 aromatic rings. The highest BCUT2D eigenvalue weighted by Crippen LogP contribution is 2.20. The number of thiazole rings is 1. The zero-order valence-electron chi connectivity index (χ0n) is 11.2. The minimum atomic E-state index is -0.521. The molecule has 0 bridgehead atoms. The molecule has 0 aliphatic carbocycles. The van der Waals surface area contributed by atoms with E-state index in [-0.39, 0.29) is 17.0 Å². The van der Waals surface area contributed by atoms with Gasteiger partial charge in [0.25, 0.3) is 0 Å². The number of nitrogens with zero attached hydrogens (tertiary/aromatic N) is 2. The van der Waals surface area contributed by atoms with Crippen molar-refractivity contribution in [1.29, 1.82) is 0 Å². The van der Waals surface area contributed by atoms with Crippen LogP contribution in [0.5, 0.6) is 5.75 Å². The van der Waals surface area contributed by atoms with E-state index >= 15 is 0 Å². The molecule has 112 valence electrons. The van der Waals surface area contributed by atoms with Gasteiger partial charge in [0.2, 0.25) is 5.01 Å². The molecule has 0 fully saturated rings. The number of esters is 1. The van der Waals surface area contributed by atoms with Gasteiger partial charge in [-0.3, -0.25) is 15.3 Å². The third kappa shape index (κ3) is 4.59. The van der Waals surface area contributed by atoms with Gasteiger partial charge in [-0.25, -0.2) is 9.78 Å². The van der Waals surface area contributed by atoms with Crippen molar-refractivity contribution in [1.82, 2.24) is 10.4 Å². The number of ether oxygens (including phenoxy) is 1. The van der Waals surface area contributed by atoms with Gasteiger partial charge >= 0.3 is 5.97 Å². The number of hydrogen-bond acceptors (Lipinski definition) is 8. The first-order valence-electron chi connectivity index (χ1n) is 6.10. The van der Waals surface area contributed by atoms with E-state index in [2.05, 4.69) is 9.82 Å². The third-order valence-electron chi connectivity index (χ3n) is 2.56. The summed E-state index contributed by atoms with van der Waals surface area (Å²) < 4.78 is 5.20. The molecular weight excluding hydrogens is 296 g/mol. The Labute approximate surface area is 124 Å². The van der Waals surface area contributed by atoms with Crippen LogP contribution in [0, 0.1) is 6.92 Å². The normalized spacial score (nSPS) is 10.9. The molecule has 7 nitrogen and oxygen atoms in total. The van der Waals surface area contributed by atoms with E-state index in [1.165, 1.54) is 11.3 Å². The Bertz CT molecular complexity index is 600. The SMILES string of the molecule is Cc1nc(C(=O)Oc2ccccc2)sc1CCON(O)O. The number of carbonyl (C=O) groups excluding carboxylic acids is 1. The summed E-state index contributed by atoms with van der Waals surface area (Å²) in [6.45, 7) is 1.82. The van der Waals surface area contributed by atoms with Gasteiger partial charge in [-0.05, 0) is 19.1 Å². The maximum atomic E-state index is 12.0. The first-order chi connectivity index (χ1) is 10.1. The van der Waals surface area contributed by atoms with Crippen LogP contribution in [0.25, 0.3) is 0 Å². The van der Waals surface area contributed by atoms with Crippen LogP contribution < -0.4 is 4.74 Å². The molecule has 0 aliphatic heterocycles. The second-order valence-corrected chi connectivity index (χ2v) is 5.15. The molecule has 1 aromatic carbocycles. The van der Waals surface area contributed by atoms with Gasteiger partial charge in [0, 0.05) is 11.3 Å². The van der Waals surface area contributed by atoms with Crippen molar-refractivity contribution in [2.75, 3.05) is 6.61 Å². The molecule has 8 heteroatoms. The summed E-state index contributed by atoms with van der Waals surface area (Å²) in [6, 6.07) is 8.74. The lowest BCUT2D eigenvalue weighted by molar-refractivity contribution is -0.492. The van der Waals surface area contributed by atoms with Crippen molar-refractivity contribution in [3.05, 3.63) is 45.9 Å². The lowest BCUT2D eigenvalue weighted by Gasteiger charge is -2.04. The molecule has 0 aliphatic rings. The van der Waals surface area contributed by atoms with Crippen LogP contribution in [0.3, 0.4) is 0 Å². The lowest BCUT2D eigenvalue weighted by Crippen LogP contribution is -2.16. The summed E-state index contributed by atoms with van der Waals surface area (Å²) in [4.78, 5) is 21.4. The highest BCUT2D eigenvalue weighted by atomic mass is 32.1. The van der Waals surface area contributed by atoms with Gasteiger partial charge in [-0.15, -0.1) is 11.3 Å². The van der Waals surface area contributed by atoms with E-state index in [0.29, 0.717) is 17.9 Å². The number of benzene rings is 1. The van der Waals surface area contributed by atoms with Crippen molar-refractivity contribution in [3.63, 3.8) is 0 Å². The maximum absolute atomic E-state index is 12.0. The number of rotatable bonds is 6. The van der Waals surface area contributed by atoms with E-state index in [0.717, 1.165) is 4.88 Å². The molecule has 0 saturated heterocycles. The summed E-state index contributed by atoms with van der Waals surface area (Å²) in [6.07, 6.45) is 0.403.